The zero-order valence-electron chi connectivity index (χ0n) is 18.9. The highest BCUT2D eigenvalue weighted by atomic mass is 127. The molecule has 0 bridgehead atoms. The maximum Gasteiger partial charge on any atom is 0.407 e. The third-order valence-electron chi connectivity index (χ3n) is 4.68. The summed E-state index contributed by atoms with van der Waals surface area (Å²) in [5.41, 5.74) is -0.462. The molecule has 1 fully saturated rings. The molecule has 1 aliphatic rings. The summed E-state index contributed by atoms with van der Waals surface area (Å²) >= 11 is 1.78. The number of hydrogen-bond donors (Lipinski definition) is 3. The molecule has 0 radical (unpaired) electrons. The van der Waals surface area contributed by atoms with E-state index in [1.165, 1.54) is 4.88 Å². The van der Waals surface area contributed by atoms with Gasteiger partial charge in [-0.05, 0) is 59.8 Å². The molecule has 3 N–H and O–H groups in total. The smallest absolute Gasteiger partial charge is 0.407 e. The van der Waals surface area contributed by atoms with Gasteiger partial charge < -0.3 is 20.7 Å². The van der Waals surface area contributed by atoms with Crippen LogP contribution in [0.4, 0.5) is 4.79 Å². The second kappa shape index (κ2) is 13.3. The number of ether oxygens (including phenoxy) is 1. The van der Waals surface area contributed by atoms with Gasteiger partial charge in [0.05, 0.1) is 5.01 Å². The molecule has 0 saturated heterocycles. The summed E-state index contributed by atoms with van der Waals surface area (Å²) < 4.78 is 5.35. The van der Waals surface area contributed by atoms with Crippen LogP contribution in [0.2, 0.25) is 0 Å². The maximum atomic E-state index is 11.9. The lowest BCUT2D eigenvalue weighted by atomic mass is 9.91. The Morgan fingerprint density at radius 2 is 1.83 bits per heavy atom. The summed E-state index contributed by atoms with van der Waals surface area (Å²) in [4.78, 5) is 22.5. The van der Waals surface area contributed by atoms with Crippen LogP contribution in [0.1, 0.15) is 70.2 Å². The number of hydrogen-bond acceptors (Lipinski definition) is 5. The molecule has 1 amide bonds. The van der Waals surface area contributed by atoms with Crippen LogP contribution in [0, 0.1) is 0 Å². The molecule has 30 heavy (non-hydrogen) atoms. The van der Waals surface area contributed by atoms with E-state index < -0.39 is 5.60 Å². The number of thiazole rings is 1. The number of amides is 1. The van der Waals surface area contributed by atoms with Gasteiger partial charge in [-0.1, -0.05) is 6.92 Å². The van der Waals surface area contributed by atoms with Gasteiger partial charge in [-0.3, -0.25) is 4.99 Å². The number of alkyl carbamates (subject to hydrolysis) is 1. The molecule has 2 rings (SSSR count). The second-order valence-corrected chi connectivity index (χ2v) is 9.62. The molecular formula is C21H38IN5O2S. The molecule has 0 unspecified atom stereocenters. The van der Waals surface area contributed by atoms with E-state index in [9.17, 15) is 4.79 Å². The van der Waals surface area contributed by atoms with Crippen molar-refractivity contribution < 1.29 is 9.53 Å². The van der Waals surface area contributed by atoms with E-state index in [2.05, 4.69) is 34.8 Å². The molecule has 7 nitrogen and oxygen atoms in total. The van der Waals surface area contributed by atoms with Gasteiger partial charge in [0.1, 0.15) is 5.60 Å². The fourth-order valence-corrected chi connectivity index (χ4v) is 4.11. The number of aromatic nitrogens is 1. The number of halogens is 1. The number of guanidine groups is 1. The van der Waals surface area contributed by atoms with E-state index in [0.29, 0.717) is 6.04 Å². The monoisotopic (exact) mass is 551 g/mol. The number of nitrogens with one attached hydrogen (secondary N) is 3. The predicted molar refractivity (Wildman–Crippen MR) is 135 cm³/mol. The number of aliphatic imine (C=N–C) groups is 1. The lowest BCUT2D eigenvalue weighted by Crippen LogP contribution is -2.48. The molecular weight excluding hydrogens is 513 g/mol. The van der Waals surface area contributed by atoms with Crippen molar-refractivity contribution in [3.63, 3.8) is 0 Å². The SMILES string of the molecule is CCNC(=NCCc1ncc(CC)s1)NC1CCC(NC(=O)OC(C)(C)C)CC1.I. The topological polar surface area (TPSA) is 87.6 Å². The van der Waals surface area contributed by atoms with Crippen LogP contribution in [0.25, 0.3) is 0 Å². The lowest BCUT2D eigenvalue weighted by molar-refractivity contribution is 0.0490. The van der Waals surface area contributed by atoms with Crippen LogP contribution in [0.5, 0.6) is 0 Å². The van der Waals surface area contributed by atoms with Gasteiger partial charge in [0, 0.05) is 42.7 Å². The summed E-state index contributed by atoms with van der Waals surface area (Å²) in [6.07, 6.45) is 7.43. The van der Waals surface area contributed by atoms with Crippen molar-refractivity contribution in [2.75, 3.05) is 13.1 Å². The number of nitrogens with zero attached hydrogens (tertiary/aromatic N) is 2. The van der Waals surface area contributed by atoms with Gasteiger partial charge in [-0.2, -0.15) is 0 Å². The minimum Gasteiger partial charge on any atom is -0.444 e. The average molecular weight is 552 g/mol. The Morgan fingerprint density at radius 1 is 1.20 bits per heavy atom. The van der Waals surface area contributed by atoms with Crippen molar-refractivity contribution in [3.05, 3.63) is 16.1 Å². The molecule has 9 heteroatoms. The third-order valence-corrected chi connectivity index (χ3v) is 5.88. The van der Waals surface area contributed by atoms with Crippen molar-refractivity contribution in [3.8, 4) is 0 Å². The number of carbonyl (C=O) groups excluding carboxylic acids is 1. The van der Waals surface area contributed by atoms with Crippen molar-refractivity contribution >= 4 is 47.4 Å². The molecule has 1 saturated carbocycles. The van der Waals surface area contributed by atoms with E-state index >= 15 is 0 Å². The Balaban J connectivity index is 0.00000450. The van der Waals surface area contributed by atoms with E-state index in [1.807, 2.05) is 27.0 Å². The molecule has 1 aliphatic carbocycles. The van der Waals surface area contributed by atoms with Crippen molar-refractivity contribution in [2.24, 2.45) is 4.99 Å². The Labute approximate surface area is 202 Å². The van der Waals surface area contributed by atoms with Gasteiger partial charge in [0.2, 0.25) is 0 Å². The lowest BCUT2D eigenvalue weighted by Gasteiger charge is -2.31. The molecule has 1 aromatic heterocycles. The van der Waals surface area contributed by atoms with E-state index in [-0.39, 0.29) is 36.1 Å². The summed E-state index contributed by atoms with van der Waals surface area (Å²) in [7, 11) is 0. The molecule has 0 atom stereocenters. The zero-order valence-corrected chi connectivity index (χ0v) is 22.1. The largest absolute Gasteiger partial charge is 0.444 e. The van der Waals surface area contributed by atoms with Crippen LogP contribution in [0.15, 0.2) is 11.2 Å². The van der Waals surface area contributed by atoms with Gasteiger partial charge in [0.15, 0.2) is 5.96 Å². The van der Waals surface area contributed by atoms with Gasteiger partial charge in [-0.25, -0.2) is 9.78 Å². The quantitative estimate of drug-likeness (QED) is 0.268. The molecule has 172 valence electrons. The van der Waals surface area contributed by atoms with Crippen molar-refractivity contribution in [2.45, 2.75) is 90.8 Å². The fourth-order valence-electron chi connectivity index (χ4n) is 3.26. The highest BCUT2D eigenvalue weighted by Gasteiger charge is 2.25. The second-order valence-electron chi connectivity index (χ2n) is 8.42. The minimum absolute atomic E-state index is 0. The first-order valence-corrected chi connectivity index (χ1v) is 11.6. The summed E-state index contributed by atoms with van der Waals surface area (Å²) in [6, 6.07) is 0.552. The number of aryl methyl sites for hydroxylation is 1. The summed E-state index contributed by atoms with van der Waals surface area (Å²) in [5, 5.41) is 11.0. The molecule has 0 spiro atoms. The first-order chi connectivity index (χ1) is 13.8. The molecule has 1 aromatic rings. The van der Waals surface area contributed by atoms with Gasteiger partial charge >= 0.3 is 6.09 Å². The average Bonchev–Trinajstić information content (AvgIpc) is 3.10. The Kier molecular flexibility index (Phi) is 12.0. The number of rotatable bonds is 7. The Bertz CT molecular complexity index is 667. The highest BCUT2D eigenvalue weighted by Crippen LogP contribution is 2.19. The molecule has 1 heterocycles. The zero-order chi connectivity index (χ0) is 21.3. The van der Waals surface area contributed by atoms with Gasteiger partial charge in [-0.15, -0.1) is 35.3 Å². The third kappa shape index (κ3) is 10.3. The standard InChI is InChI=1S/C21H37N5O2S.HI/c1-6-17-14-24-18(29-17)12-13-23-19(22-7-2)25-15-8-10-16(11-9-15)26-20(27)28-21(3,4)5;/h14-16H,6-13H2,1-5H3,(H,26,27)(H2,22,23,25);1H. The van der Waals surface area contributed by atoms with Crippen molar-refractivity contribution in [1.82, 2.24) is 20.9 Å². The van der Waals surface area contributed by atoms with E-state index in [0.717, 1.165) is 62.6 Å². The van der Waals surface area contributed by atoms with Crippen LogP contribution in [0.3, 0.4) is 0 Å². The maximum absolute atomic E-state index is 11.9. The first-order valence-electron chi connectivity index (χ1n) is 10.8. The Hall–Kier alpha value is -1.10. The van der Waals surface area contributed by atoms with Crippen LogP contribution in [-0.2, 0) is 17.6 Å². The summed E-state index contributed by atoms with van der Waals surface area (Å²) in [6.45, 7) is 11.4. The number of carbonyl (C=O) groups is 1. The van der Waals surface area contributed by atoms with Crippen LogP contribution >= 0.6 is 35.3 Å². The van der Waals surface area contributed by atoms with Gasteiger partial charge in [0.25, 0.3) is 0 Å². The predicted octanol–water partition coefficient (Wildman–Crippen LogP) is 4.26. The van der Waals surface area contributed by atoms with Crippen LogP contribution in [-0.4, -0.2) is 47.8 Å². The summed E-state index contributed by atoms with van der Waals surface area (Å²) in [5.74, 6) is 0.864. The van der Waals surface area contributed by atoms with Crippen LogP contribution < -0.4 is 16.0 Å². The van der Waals surface area contributed by atoms with E-state index in [1.54, 1.807) is 11.3 Å². The highest BCUT2D eigenvalue weighted by molar-refractivity contribution is 14.0. The Morgan fingerprint density at radius 3 is 2.37 bits per heavy atom. The molecule has 0 aliphatic heterocycles. The molecule has 0 aromatic carbocycles. The first kappa shape index (κ1) is 26.9. The van der Waals surface area contributed by atoms with Crippen molar-refractivity contribution in [1.29, 1.82) is 0 Å². The fraction of sp³-hybridized carbons (Fsp3) is 0.762. The normalized spacial score (nSPS) is 19.6. The van der Waals surface area contributed by atoms with E-state index in [4.69, 9.17) is 9.73 Å². The minimum atomic E-state index is -0.462.